The number of rotatable bonds is 4. The molecule has 1 aromatic heterocycles. The molecule has 1 saturated heterocycles. The van der Waals surface area contributed by atoms with Crippen molar-refractivity contribution in [2.45, 2.75) is 13.0 Å². The number of carboxylic acid groups (broad SMARTS) is 1. The van der Waals surface area contributed by atoms with E-state index in [1.54, 1.807) is 6.20 Å². The van der Waals surface area contributed by atoms with Crippen molar-refractivity contribution in [3.63, 3.8) is 0 Å². The van der Waals surface area contributed by atoms with Crippen molar-refractivity contribution < 1.29 is 14.7 Å². The fraction of sp³-hybridized carbons (Fsp3) is 0.545. The van der Waals surface area contributed by atoms with Gasteiger partial charge in [-0.1, -0.05) is 0 Å². The first kappa shape index (κ1) is 12.9. The van der Waals surface area contributed by atoms with Crippen LogP contribution in [0.5, 0.6) is 0 Å². The lowest BCUT2D eigenvalue weighted by Crippen LogP contribution is -2.38. The molecule has 7 heteroatoms. The minimum absolute atomic E-state index is 0.0109. The van der Waals surface area contributed by atoms with Crippen LogP contribution in [0, 0.1) is 0 Å². The van der Waals surface area contributed by atoms with E-state index in [2.05, 4.69) is 5.10 Å². The summed E-state index contributed by atoms with van der Waals surface area (Å²) in [5, 5.41) is 12.6. The lowest BCUT2D eigenvalue weighted by Gasteiger charge is -2.26. The molecule has 0 aromatic carbocycles. The molecule has 1 aliphatic heterocycles. The third-order valence-electron chi connectivity index (χ3n) is 2.78. The summed E-state index contributed by atoms with van der Waals surface area (Å²) in [4.78, 5) is 24.4. The first-order chi connectivity index (χ1) is 8.66. The van der Waals surface area contributed by atoms with E-state index in [1.807, 2.05) is 16.7 Å². The van der Waals surface area contributed by atoms with Crippen LogP contribution < -0.4 is 0 Å². The molecule has 98 valence electrons. The first-order valence-corrected chi connectivity index (χ1v) is 6.94. The number of aromatic carboxylic acids is 1. The Morgan fingerprint density at radius 1 is 1.39 bits per heavy atom. The summed E-state index contributed by atoms with van der Waals surface area (Å²) in [5.41, 5.74) is 0.0109. The van der Waals surface area contributed by atoms with E-state index in [4.69, 9.17) is 5.11 Å². The smallest absolute Gasteiger partial charge is 0.356 e. The average molecular weight is 269 g/mol. The molecule has 2 rings (SSSR count). The fourth-order valence-corrected chi connectivity index (χ4v) is 2.68. The Bertz CT molecular complexity index is 440. The molecular formula is C11H15N3O3S. The van der Waals surface area contributed by atoms with Gasteiger partial charge in [-0.2, -0.15) is 16.9 Å². The Morgan fingerprint density at radius 3 is 2.72 bits per heavy atom. The summed E-state index contributed by atoms with van der Waals surface area (Å²) in [6, 6.07) is 1.43. The van der Waals surface area contributed by atoms with E-state index >= 15 is 0 Å². The Hall–Kier alpha value is -1.50. The highest BCUT2D eigenvalue weighted by Gasteiger charge is 2.16. The van der Waals surface area contributed by atoms with Crippen LogP contribution >= 0.6 is 11.8 Å². The number of aromatic nitrogens is 2. The van der Waals surface area contributed by atoms with Gasteiger partial charge in [0, 0.05) is 43.8 Å². The van der Waals surface area contributed by atoms with Gasteiger partial charge in [0.1, 0.15) is 0 Å². The zero-order valence-corrected chi connectivity index (χ0v) is 10.7. The van der Waals surface area contributed by atoms with E-state index in [9.17, 15) is 9.59 Å². The molecule has 0 atom stereocenters. The topological polar surface area (TPSA) is 75.4 Å². The van der Waals surface area contributed by atoms with Gasteiger partial charge in [-0.25, -0.2) is 4.79 Å². The summed E-state index contributed by atoms with van der Waals surface area (Å²) in [7, 11) is 0. The molecule has 1 aromatic rings. The highest BCUT2D eigenvalue weighted by Crippen LogP contribution is 2.10. The average Bonchev–Trinajstić information content (AvgIpc) is 2.86. The van der Waals surface area contributed by atoms with Gasteiger partial charge < -0.3 is 10.0 Å². The van der Waals surface area contributed by atoms with E-state index in [1.165, 1.54) is 10.7 Å². The maximum Gasteiger partial charge on any atom is 0.356 e. The molecular weight excluding hydrogens is 254 g/mol. The Kier molecular flexibility index (Phi) is 4.24. The van der Waals surface area contributed by atoms with E-state index in [0.717, 1.165) is 24.6 Å². The molecule has 1 amide bonds. The predicted octanol–water partition coefficient (Wildman–Crippen LogP) is 0.547. The van der Waals surface area contributed by atoms with Crippen molar-refractivity contribution in [2.24, 2.45) is 0 Å². The van der Waals surface area contributed by atoms with Crippen LogP contribution in [0.1, 0.15) is 16.9 Å². The number of carbonyl (C=O) groups is 2. The second-order valence-electron chi connectivity index (χ2n) is 4.01. The minimum Gasteiger partial charge on any atom is -0.476 e. The van der Waals surface area contributed by atoms with Gasteiger partial charge in [0.05, 0.1) is 0 Å². The molecule has 0 saturated carbocycles. The normalized spacial score (nSPS) is 15.7. The van der Waals surface area contributed by atoms with Crippen LogP contribution in [0.2, 0.25) is 0 Å². The fourth-order valence-electron chi connectivity index (χ4n) is 1.78. The van der Waals surface area contributed by atoms with E-state index < -0.39 is 5.97 Å². The van der Waals surface area contributed by atoms with Crippen molar-refractivity contribution in [1.29, 1.82) is 0 Å². The SMILES string of the molecule is O=C(O)c1ccn(CCC(=O)N2CCSCC2)n1. The molecule has 0 spiro atoms. The van der Waals surface area contributed by atoms with Crippen molar-refractivity contribution in [3.05, 3.63) is 18.0 Å². The molecule has 0 unspecified atom stereocenters. The van der Waals surface area contributed by atoms with Gasteiger partial charge >= 0.3 is 5.97 Å². The molecule has 6 nitrogen and oxygen atoms in total. The number of aryl methyl sites for hydroxylation is 1. The molecule has 18 heavy (non-hydrogen) atoms. The summed E-state index contributed by atoms with van der Waals surface area (Å²) >= 11 is 1.86. The predicted molar refractivity (Wildman–Crippen MR) is 67.7 cm³/mol. The lowest BCUT2D eigenvalue weighted by atomic mass is 10.3. The van der Waals surface area contributed by atoms with E-state index in [-0.39, 0.29) is 11.6 Å². The number of carbonyl (C=O) groups excluding carboxylic acids is 1. The molecule has 1 aliphatic rings. The maximum absolute atomic E-state index is 11.9. The number of thioether (sulfide) groups is 1. The molecule has 0 radical (unpaired) electrons. The Morgan fingerprint density at radius 2 is 2.11 bits per heavy atom. The highest BCUT2D eigenvalue weighted by atomic mass is 32.2. The van der Waals surface area contributed by atoms with Gasteiger partial charge in [-0.05, 0) is 6.07 Å². The molecule has 1 N–H and O–H groups in total. The number of nitrogens with zero attached hydrogens (tertiary/aromatic N) is 3. The van der Waals surface area contributed by atoms with Crippen molar-refractivity contribution >= 4 is 23.6 Å². The molecule has 0 aliphatic carbocycles. The Labute approximate surface area is 109 Å². The largest absolute Gasteiger partial charge is 0.476 e. The third-order valence-corrected chi connectivity index (χ3v) is 3.72. The number of hydrogen-bond acceptors (Lipinski definition) is 4. The standard InChI is InChI=1S/C11H15N3O3S/c15-10(13-5-7-18-8-6-13)2-4-14-3-1-9(12-14)11(16)17/h1,3H,2,4-8H2,(H,16,17). The zero-order chi connectivity index (χ0) is 13.0. The van der Waals surface area contributed by atoms with Gasteiger partial charge in [-0.3, -0.25) is 9.48 Å². The quantitative estimate of drug-likeness (QED) is 0.863. The van der Waals surface area contributed by atoms with Crippen molar-refractivity contribution in [3.8, 4) is 0 Å². The van der Waals surface area contributed by atoms with Crippen LogP contribution in [0.3, 0.4) is 0 Å². The van der Waals surface area contributed by atoms with Crippen molar-refractivity contribution in [2.75, 3.05) is 24.6 Å². The van der Waals surface area contributed by atoms with E-state index in [0.29, 0.717) is 13.0 Å². The van der Waals surface area contributed by atoms with Gasteiger partial charge in [0.25, 0.3) is 0 Å². The minimum atomic E-state index is -1.05. The summed E-state index contributed by atoms with van der Waals surface area (Å²) in [5.74, 6) is 1.06. The van der Waals surface area contributed by atoms with Crippen LogP contribution in [-0.2, 0) is 11.3 Å². The number of carboxylic acids is 1. The summed E-state index contributed by atoms with van der Waals surface area (Å²) in [6.07, 6.45) is 1.95. The van der Waals surface area contributed by atoms with Crippen LogP contribution in [0.15, 0.2) is 12.3 Å². The molecule has 1 fully saturated rings. The number of amides is 1. The van der Waals surface area contributed by atoms with Gasteiger partial charge in [-0.15, -0.1) is 0 Å². The highest BCUT2D eigenvalue weighted by molar-refractivity contribution is 7.99. The van der Waals surface area contributed by atoms with Gasteiger partial charge in [0.15, 0.2) is 5.69 Å². The number of hydrogen-bond donors (Lipinski definition) is 1. The summed E-state index contributed by atoms with van der Waals surface area (Å²) < 4.78 is 1.50. The maximum atomic E-state index is 11.9. The monoisotopic (exact) mass is 269 g/mol. The third kappa shape index (κ3) is 3.25. The second kappa shape index (κ2) is 5.90. The van der Waals surface area contributed by atoms with Crippen LogP contribution in [0.25, 0.3) is 0 Å². The lowest BCUT2D eigenvalue weighted by molar-refractivity contribution is -0.131. The Balaban J connectivity index is 1.82. The molecule has 0 bridgehead atoms. The molecule has 2 heterocycles. The zero-order valence-electron chi connectivity index (χ0n) is 9.91. The summed E-state index contributed by atoms with van der Waals surface area (Å²) in [6.45, 7) is 2.04. The van der Waals surface area contributed by atoms with Gasteiger partial charge in [0.2, 0.25) is 5.91 Å². The van der Waals surface area contributed by atoms with Crippen molar-refractivity contribution in [1.82, 2.24) is 14.7 Å². The van der Waals surface area contributed by atoms with Crippen LogP contribution in [0.4, 0.5) is 0 Å². The second-order valence-corrected chi connectivity index (χ2v) is 5.24. The first-order valence-electron chi connectivity index (χ1n) is 5.79. The van der Waals surface area contributed by atoms with Crippen LogP contribution in [-0.4, -0.2) is 56.3 Å².